The van der Waals surface area contributed by atoms with Gasteiger partial charge in [0.15, 0.2) is 0 Å². The number of carboxylic acid groups (broad SMARTS) is 1. The molecule has 0 unspecified atom stereocenters. The summed E-state index contributed by atoms with van der Waals surface area (Å²) in [5.41, 5.74) is 2.10. The SMILES string of the molecule is O=C(O)c1ccc2c(c1)N(C(=O)C1CCNCC1)CC2. The highest BCUT2D eigenvalue weighted by molar-refractivity contribution is 5.99. The van der Waals surface area contributed by atoms with E-state index in [2.05, 4.69) is 5.32 Å². The number of hydrogen-bond donors (Lipinski definition) is 2. The van der Waals surface area contributed by atoms with Crippen molar-refractivity contribution in [2.24, 2.45) is 5.92 Å². The molecule has 2 heterocycles. The van der Waals surface area contributed by atoms with E-state index < -0.39 is 5.97 Å². The molecule has 1 saturated heterocycles. The molecule has 2 N–H and O–H groups in total. The molecule has 0 aliphatic carbocycles. The summed E-state index contributed by atoms with van der Waals surface area (Å²) in [7, 11) is 0. The molecule has 0 saturated carbocycles. The van der Waals surface area contributed by atoms with E-state index >= 15 is 0 Å². The van der Waals surface area contributed by atoms with E-state index in [0.29, 0.717) is 6.54 Å². The lowest BCUT2D eigenvalue weighted by Crippen LogP contribution is -2.40. The second-order valence-corrected chi connectivity index (χ2v) is 5.41. The van der Waals surface area contributed by atoms with E-state index in [0.717, 1.165) is 43.6 Å². The second kappa shape index (κ2) is 5.25. The third-order valence-corrected chi connectivity index (χ3v) is 4.18. The van der Waals surface area contributed by atoms with Crippen LogP contribution in [0.2, 0.25) is 0 Å². The molecular formula is C15H18N2O3. The van der Waals surface area contributed by atoms with Gasteiger partial charge in [0.05, 0.1) is 5.56 Å². The van der Waals surface area contributed by atoms with Crippen molar-refractivity contribution in [3.63, 3.8) is 0 Å². The third-order valence-electron chi connectivity index (χ3n) is 4.18. The number of piperidine rings is 1. The summed E-state index contributed by atoms with van der Waals surface area (Å²) in [4.78, 5) is 25.4. The van der Waals surface area contributed by atoms with Gasteiger partial charge < -0.3 is 15.3 Å². The van der Waals surface area contributed by atoms with Crippen molar-refractivity contribution in [3.05, 3.63) is 29.3 Å². The normalized spacial score (nSPS) is 18.9. The summed E-state index contributed by atoms with van der Waals surface area (Å²) in [6.07, 6.45) is 2.54. The van der Waals surface area contributed by atoms with Crippen LogP contribution in [-0.2, 0) is 11.2 Å². The minimum absolute atomic E-state index is 0.0654. The van der Waals surface area contributed by atoms with Gasteiger partial charge in [-0.1, -0.05) is 6.07 Å². The highest BCUT2D eigenvalue weighted by Crippen LogP contribution is 2.31. The van der Waals surface area contributed by atoms with Gasteiger partial charge in [-0.2, -0.15) is 0 Å². The van der Waals surface area contributed by atoms with Crippen molar-refractivity contribution in [1.29, 1.82) is 0 Å². The van der Waals surface area contributed by atoms with Gasteiger partial charge in [0, 0.05) is 18.2 Å². The largest absolute Gasteiger partial charge is 0.478 e. The molecule has 2 aliphatic rings. The van der Waals surface area contributed by atoms with E-state index in [1.54, 1.807) is 17.0 Å². The molecule has 5 nitrogen and oxygen atoms in total. The summed E-state index contributed by atoms with van der Waals surface area (Å²) in [6.45, 7) is 2.43. The van der Waals surface area contributed by atoms with E-state index in [4.69, 9.17) is 5.11 Å². The van der Waals surface area contributed by atoms with E-state index in [1.807, 2.05) is 6.07 Å². The number of anilines is 1. The number of fused-ring (bicyclic) bond motifs is 1. The Bertz CT molecular complexity index is 550. The summed E-state index contributed by atoms with van der Waals surface area (Å²) < 4.78 is 0. The molecule has 20 heavy (non-hydrogen) atoms. The first-order valence-corrected chi connectivity index (χ1v) is 7.05. The molecule has 106 valence electrons. The molecule has 0 atom stereocenters. The van der Waals surface area contributed by atoms with Crippen LogP contribution in [0.3, 0.4) is 0 Å². The van der Waals surface area contributed by atoms with Crippen molar-refractivity contribution in [3.8, 4) is 0 Å². The molecule has 1 amide bonds. The smallest absolute Gasteiger partial charge is 0.335 e. The fraction of sp³-hybridized carbons (Fsp3) is 0.467. The number of carbonyl (C=O) groups is 2. The molecule has 0 spiro atoms. The van der Waals surface area contributed by atoms with Gasteiger partial charge >= 0.3 is 5.97 Å². The summed E-state index contributed by atoms with van der Waals surface area (Å²) in [5.74, 6) is -0.738. The summed E-state index contributed by atoms with van der Waals surface area (Å²) in [6, 6.07) is 5.07. The van der Waals surface area contributed by atoms with Crippen LogP contribution >= 0.6 is 0 Å². The molecule has 1 fully saturated rings. The number of carboxylic acids is 1. The molecule has 0 radical (unpaired) electrons. The zero-order valence-electron chi connectivity index (χ0n) is 11.3. The number of aromatic carboxylic acids is 1. The minimum Gasteiger partial charge on any atom is -0.478 e. The quantitative estimate of drug-likeness (QED) is 0.852. The summed E-state index contributed by atoms with van der Waals surface area (Å²) >= 11 is 0. The Morgan fingerprint density at radius 2 is 2.00 bits per heavy atom. The van der Waals surface area contributed by atoms with Crippen molar-refractivity contribution in [2.45, 2.75) is 19.3 Å². The molecule has 0 bridgehead atoms. The molecule has 2 aliphatic heterocycles. The maximum atomic E-state index is 12.6. The number of carbonyl (C=O) groups excluding carboxylic acids is 1. The Labute approximate surface area is 117 Å². The standard InChI is InChI=1S/C15H18N2O3/c18-14(11-3-6-16-7-4-11)17-8-5-10-1-2-12(15(19)20)9-13(10)17/h1-2,9,11,16H,3-8H2,(H,19,20). The Morgan fingerprint density at radius 1 is 1.25 bits per heavy atom. The molecule has 1 aromatic carbocycles. The zero-order chi connectivity index (χ0) is 14.1. The highest BCUT2D eigenvalue weighted by atomic mass is 16.4. The Kier molecular flexibility index (Phi) is 3.44. The van der Waals surface area contributed by atoms with E-state index in [1.165, 1.54) is 0 Å². The predicted octanol–water partition coefficient (Wildman–Crippen LogP) is 1.27. The first-order valence-electron chi connectivity index (χ1n) is 7.05. The van der Waals surface area contributed by atoms with Crippen molar-refractivity contribution in [1.82, 2.24) is 5.32 Å². The first kappa shape index (κ1) is 13.1. The molecule has 5 heteroatoms. The lowest BCUT2D eigenvalue weighted by Gasteiger charge is -2.27. The highest BCUT2D eigenvalue weighted by Gasteiger charge is 2.31. The lowest BCUT2D eigenvalue weighted by atomic mass is 9.96. The van der Waals surface area contributed by atoms with Gasteiger partial charge in [-0.3, -0.25) is 4.79 Å². The van der Waals surface area contributed by atoms with Gasteiger partial charge in [-0.15, -0.1) is 0 Å². The maximum absolute atomic E-state index is 12.6. The van der Waals surface area contributed by atoms with Gasteiger partial charge in [-0.25, -0.2) is 4.79 Å². The van der Waals surface area contributed by atoms with E-state index in [-0.39, 0.29) is 17.4 Å². The number of amides is 1. The van der Waals surface area contributed by atoms with Crippen LogP contribution in [0.5, 0.6) is 0 Å². The van der Waals surface area contributed by atoms with Crippen LogP contribution < -0.4 is 10.2 Å². The third kappa shape index (κ3) is 2.29. The topological polar surface area (TPSA) is 69.6 Å². The average Bonchev–Trinajstić information content (AvgIpc) is 2.90. The summed E-state index contributed by atoms with van der Waals surface area (Å²) in [5, 5.41) is 12.3. The van der Waals surface area contributed by atoms with Crippen LogP contribution in [0.1, 0.15) is 28.8 Å². The van der Waals surface area contributed by atoms with Crippen molar-refractivity contribution >= 4 is 17.6 Å². The van der Waals surface area contributed by atoms with Crippen LogP contribution in [-0.4, -0.2) is 36.6 Å². The van der Waals surface area contributed by atoms with Gasteiger partial charge in [0.1, 0.15) is 0 Å². The fourth-order valence-electron chi connectivity index (χ4n) is 3.03. The first-order chi connectivity index (χ1) is 9.66. The Balaban J connectivity index is 1.85. The van der Waals surface area contributed by atoms with Crippen LogP contribution in [0.25, 0.3) is 0 Å². The van der Waals surface area contributed by atoms with Crippen LogP contribution in [0.15, 0.2) is 18.2 Å². The Hall–Kier alpha value is -1.88. The number of nitrogens with zero attached hydrogens (tertiary/aromatic N) is 1. The fourth-order valence-corrected chi connectivity index (χ4v) is 3.03. The number of benzene rings is 1. The molecule has 1 aromatic rings. The Morgan fingerprint density at radius 3 is 2.70 bits per heavy atom. The predicted molar refractivity (Wildman–Crippen MR) is 75.1 cm³/mol. The number of rotatable bonds is 2. The van der Waals surface area contributed by atoms with Crippen LogP contribution in [0.4, 0.5) is 5.69 Å². The van der Waals surface area contributed by atoms with Crippen LogP contribution in [0, 0.1) is 5.92 Å². The number of hydrogen-bond acceptors (Lipinski definition) is 3. The molecule has 0 aromatic heterocycles. The average molecular weight is 274 g/mol. The van der Waals surface area contributed by atoms with Gasteiger partial charge in [-0.05, 0) is 50.0 Å². The van der Waals surface area contributed by atoms with Crippen molar-refractivity contribution in [2.75, 3.05) is 24.5 Å². The zero-order valence-corrected chi connectivity index (χ0v) is 11.3. The van der Waals surface area contributed by atoms with Crippen molar-refractivity contribution < 1.29 is 14.7 Å². The molecular weight excluding hydrogens is 256 g/mol. The maximum Gasteiger partial charge on any atom is 0.335 e. The minimum atomic E-state index is -0.950. The van der Waals surface area contributed by atoms with Gasteiger partial charge in [0.2, 0.25) is 5.91 Å². The number of nitrogens with one attached hydrogen (secondary N) is 1. The molecule has 3 rings (SSSR count). The second-order valence-electron chi connectivity index (χ2n) is 5.41. The van der Waals surface area contributed by atoms with Gasteiger partial charge in [0.25, 0.3) is 0 Å². The lowest BCUT2D eigenvalue weighted by molar-refractivity contribution is -0.123. The van der Waals surface area contributed by atoms with E-state index in [9.17, 15) is 9.59 Å². The monoisotopic (exact) mass is 274 g/mol.